The molecule has 1 heterocycles. The van der Waals surface area contributed by atoms with Crippen LogP contribution in [0.1, 0.15) is 30.9 Å². The molecule has 0 bridgehead atoms. The van der Waals surface area contributed by atoms with E-state index >= 15 is 0 Å². The second-order valence-corrected chi connectivity index (χ2v) is 10.8. The number of benzene rings is 2. The number of carbonyl (C=O) groups excluding carboxylic acids is 3. The summed E-state index contributed by atoms with van der Waals surface area (Å²) in [6.45, 7) is 2.11. The lowest BCUT2D eigenvalue weighted by Crippen LogP contribution is -2.37. The Bertz CT molecular complexity index is 1010. The fraction of sp³-hybridized carbons (Fsp3) is 0.375. The molecule has 1 amide bonds. The average molecular weight is 488 g/mol. The first-order valence-electron chi connectivity index (χ1n) is 11.1. The van der Waals surface area contributed by atoms with E-state index < -0.39 is 43.4 Å². The molecule has 2 unspecified atom stereocenters. The van der Waals surface area contributed by atoms with Crippen molar-refractivity contribution >= 4 is 25.4 Å². The van der Waals surface area contributed by atoms with Crippen LogP contribution >= 0.6 is 7.37 Å². The highest BCUT2D eigenvalue weighted by atomic mass is 31.2. The van der Waals surface area contributed by atoms with Crippen LogP contribution in [0.5, 0.6) is 0 Å². The van der Waals surface area contributed by atoms with Gasteiger partial charge in [0.1, 0.15) is 24.6 Å². The van der Waals surface area contributed by atoms with E-state index in [9.17, 15) is 18.9 Å². The molecule has 1 fully saturated rings. The SMILES string of the molecule is CC(NC(=O)OCc1ccccc1)P(=O)(CC(=O)OC(=O)[C@@H]1CCCN1)OCc1ccccc1. The summed E-state index contributed by atoms with van der Waals surface area (Å²) in [6.07, 6.45) is -0.101. The predicted molar refractivity (Wildman–Crippen MR) is 125 cm³/mol. The molecular formula is C24H29N2O7P. The van der Waals surface area contributed by atoms with Crippen LogP contribution in [0.15, 0.2) is 60.7 Å². The zero-order valence-electron chi connectivity index (χ0n) is 19.0. The molecular weight excluding hydrogens is 459 g/mol. The molecule has 9 nitrogen and oxygen atoms in total. The molecule has 182 valence electrons. The average Bonchev–Trinajstić information content (AvgIpc) is 3.38. The Morgan fingerprint density at radius 2 is 1.65 bits per heavy atom. The third-order valence-electron chi connectivity index (χ3n) is 5.33. The molecule has 0 saturated carbocycles. The summed E-state index contributed by atoms with van der Waals surface area (Å²) in [6, 6.07) is 17.5. The molecule has 34 heavy (non-hydrogen) atoms. The molecule has 3 atom stereocenters. The molecule has 0 aromatic heterocycles. The van der Waals surface area contributed by atoms with Gasteiger partial charge in [-0.1, -0.05) is 60.7 Å². The third-order valence-corrected chi connectivity index (χ3v) is 7.91. The van der Waals surface area contributed by atoms with E-state index in [1.165, 1.54) is 6.92 Å². The molecule has 1 saturated heterocycles. The van der Waals surface area contributed by atoms with Gasteiger partial charge in [-0.05, 0) is 37.4 Å². The molecule has 3 rings (SSSR count). The van der Waals surface area contributed by atoms with Gasteiger partial charge in [0.2, 0.25) is 7.37 Å². The maximum Gasteiger partial charge on any atom is 0.408 e. The highest BCUT2D eigenvalue weighted by Crippen LogP contribution is 2.51. The summed E-state index contributed by atoms with van der Waals surface area (Å²) < 4.78 is 29.5. The number of hydrogen-bond donors (Lipinski definition) is 2. The maximum atomic E-state index is 13.7. The molecule has 1 aliphatic rings. The number of amides is 1. The van der Waals surface area contributed by atoms with Crippen molar-refractivity contribution in [3.05, 3.63) is 71.8 Å². The topological polar surface area (TPSA) is 120 Å². The summed E-state index contributed by atoms with van der Waals surface area (Å²) >= 11 is 0. The van der Waals surface area contributed by atoms with Crippen LogP contribution in [0, 0.1) is 0 Å². The first-order chi connectivity index (χ1) is 16.4. The van der Waals surface area contributed by atoms with Gasteiger partial charge in [0, 0.05) is 0 Å². The number of nitrogens with one attached hydrogen (secondary N) is 2. The third kappa shape index (κ3) is 7.80. The monoisotopic (exact) mass is 488 g/mol. The molecule has 10 heteroatoms. The molecule has 2 aromatic carbocycles. The number of hydrogen-bond acceptors (Lipinski definition) is 8. The highest BCUT2D eigenvalue weighted by molar-refractivity contribution is 7.60. The first kappa shape index (κ1) is 25.6. The first-order valence-corrected chi connectivity index (χ1v) is 13.0. The van der Waals surface area contributed by atoms with Gasteiger partial charge in [0.15, 0.2) is 0 Å². The second-order valence-electron chi connectivity index (χ2n) is 7.97. The van der Waals surface area contributed by atoms with Gasteiger partial charge in [-0.3, -0.25) is 9.36 Å². The van der Waals surface area contributed by atoms with E-state index in [1.54, 1.807) is 36.4 Å². The molecule has 2 aromatic rings. The summed E-state index contributed by atoms with van der Waals surface area (Å²) in [4.78, 5) is 36.9. The van der Waals surface area contributed by atoms with E-state index in [0.29, 0.717) is 13.0 Å². The summed E-state index contributed by atoms with van der Waals surface area (Å²) in [5.41, 5.74) is 1.53. The van der Waals surface area contributed by atoms with Crippen molar-refractivity contribution in [1.29, 1.82) is 0 Å². The van der Waals surface area contributed by atoms with E-state index in [4.69, 9.17) is 14.0 Å². The van der Waals surface area contributed by atoms with Gasteiger partial charge < -0.3 is 24.6 Å². The van der Waals surface area contributed by atoms with Crippen molar-refractivity contribution in [1.82, 2.24) is 10.6 Å². The van der Waals surface area contributed by atoms with Crippen molar-refractivity contribution in [3.63, 3.8) is 0 Å². The van der Waals surface area contributed by atoms with Crippen molar-refractivity contribution in [2.75, 3.05) is 12.7 Å². The van der Waals surface area contributed by atoms with Crippen LogP contribution in [0.25, 0.3) is 0 Å². The lowest BCUT2D eigenvalue weighted by atomic mass is 10.2. The Kier molecular flexibility index (Phi) is 9.39. The quantitative estimate of drug-likeness (QED) is 0.296. The predicted octanol–water partition coefficient (Wildman–Crippen LogP) is 3.58. The largest absolute Gasteiger partial charge is 0.445 e. The van der Waals surface area contributed by atoms with Gasteiger partial charge in [-0.2, -0.15) is 0 Å². The van der Waals surface area contributed by atoms with Crippen LogP contribution in [0.4, 0.5) is 4.79 Å². The minimum Gasteiger partial charge on any atom is -0.445 e. The normalized spacial score (nSPS) is 17.9. The number of rotatable bonds is 10. The lowest BCUT2D eigenvalue weighted by Gasteiger charge is -2.25. The summed E-state index contributed by atoms with van der Waals surface area (Å²) in [7, 11) is -3.83. The fourth-order valence-corrected chi connectivity index (χ4v) is 5.05. The van der Waals surface area contributed by atoms with Crippen molar-refractivity contribution in [2.24, 2.45) is 0 Å². The summed E-state index contributed by atoms with van der Waals surface area (Å²) in [5.74, 6) is -2.74. The van der Waals surface area contributed by atoms with Crippen LogP contribution in [0.2, 0.25) is 0 Å². The van der Waals surface area contributed by atoms with E-state index in [0.717, 1.165) is 17.5 Å². The Morgan fingerprint density at radius 3 is 2.24 bits per heavy atom. The van der Waals surface area contributed by atoms with Gasteiger partial charge >= 0.3 is 18.0 Å². The van der Waals surface area contributed by atoms with Gasteiger partial charge in [0.25, 0.3) is 0 Å². The van der Waals surface area contributed by atoms with E-state index in [2.05, 4.69) is 10.6 Å². The minimum atomic E-state index is -3.83. The van der Waals surface area contributed by atoms with Gasteiger partial charge in [-0.15, -0.1) is 0 Å². The maximum absolute atomic E-state index is 13.7. The van der Waals surface area contributed by atoms with Gasteiger partial charge in [-0.25, -0.2) is 9.59 Å². The van der Waals surface area contributed by atoms with Crippen molar-refractivity contribution < 1.29 is 32.9 Å². The number of ether oxygens (including phenoxy) is 2. The zero-order valence-corrected chi connectivity index (χ0v) is 19.9. The zero-order chi connectivity index (χ0) is 24.4. The number of carbonyl (C=O) groups is 3. The Morgan fingerprint density at radius 1 is 1.03 bits per heavy atom. The smallest absolute Gasteiger partial charge is 0.408 e. The number of alkyl carbamates (subject to hydrolysis) is 1. The van der Waals surface area contributed by atoms with Crippen LogP contribution in [-0.2, 0) is 41.4 Å². The standard InChI is InChI=1S/C24H29N2O7P/c1-18(26-24(29)31-15-19-9-4-2-5-10-19)34(30,32-16-20-11-6-3-7-12-20)17-22(27)33-23(28)21-13-8-14-25-21/h2-7,9-12,18,21,25H,8,13-17H2,1H3,(H,26,29)/t18?,21-,34?/m0/s1. The Balaban J connectivity index is 1.62. The number of esters is 2. The minimum absolute atomic E-state index is 0.0273. The molecule has 0 aliphatic carbocycles. The molecule has 2 N–H and O–H groups in total. The van der Waals surface area contributed by atoms with Crippen molar-refractivity contribution in [2.45, 2.75) is 44.8 Å². The van der Waals surface area contributed by atoms with Crippen LogP contribution in [-0.4, -0.2) is 42.6 Å². The molecule has 0 radical (unpaired) electrons. The summed E-state index contributed by atoms with van der Waals surface area (Å²) in [5, 5.41) is 5.43. The second kappa shape index (κ2) is 12.5. The molecule has 0 spiro atoms. The Labute approximate surface area is 198 Å². The van der Waals surface area contributed by atoms with E-state index in [-0.39, 0.29) is 13.2 Å². The molecule has 1 aliphatic heterocycles. The fourth-order valence-electron chi connectivity index (χ4n) is 3.37. The Hall–Kier alpha value is -3.00. The van der Waals surface area contributed by atoms with Crippen LogP contribution < -0.4 is 10.6 Å². The van der Waals surface area contributed by atoms with E-state index in [1.807, 2.05) is 24.3 Å². The lowest BCUT2D eigenvalue weighted by molar-refractivity contribution is -0.159. The van der Waals surface area contributed by atoms with Crippen molar-refractivity contribution in [3.8, 4) is 0 Å². The van der Waals surface area contributed by atoms with Crippen LogP contribution in [0.3, 0.4) is 0 Å². The van der Waals surface area contributed by atoms with Gasteiger partial charge in [0.05, 0.1) is 6.61 Å². The highest BCUT2D eigenvalue weighted by Gasteiger charge is 2.37.